The molecule has 2 aromatic carbocycles. The lowest BCUT2D eigenvalue weighted by molar-refractivity contribution is 0.0722. The number of rotatable bonds is 7. The van der Waals surface area contributed by atoms with E-state index in [1.807, 2.05) is 25.9 Å². The summed E-state index contributed by atoms with van der Waals surface area (Å²) in [5.41, 5.74) is 0.976. The Balaban J connectivity index is 1.89. The minimum absolute atomic E-state index is 0.00312. The largest absolute Gasteiger partial charge is 0.504 e. The Labute approximate surface area is 190 Å². The molecule has 1 N–H and O–H groups in total. The minimum atomic E-state index is -0.654. The fraction of sp³-hybridized carbons (Fsp3) is 0.333. The molecule has 2 heterocycles. The number of phenolic OH excluding ortho intramolecular Hbond substituents is 1. The van der Waals surface area contributed by atoms with Crippen molar-refractivity contribution in [1.29, 1.82) is 0 Å². The monoisotopic (exact) mass is 456 g/mol. The van der Waals surface area contributed by atoms with E-state index in [1.54, 1.807) is 35.2 Å². The van der Waals surface area contributed by atoms with Crippen LogP contribution in [0.1, 0.15) is 41.1 Å². The molecule has 0 radical (unpaired) electrons. The van der Waals surface area contributed by atoms with Crippen molar-refractivity contribution in [2.24, 2.45) is 0 Å². The number of hydrogen-bond donors (Lipinski definition) is 1. The number of fused-ring (bicyclic) bond motifs is 2. The van der Waals surface area contributed by atoms with Crippen molar-refractivity contribution < 1.29 is 19.1 Å². The van der Waals surface area contributed by atoms with E-state index in [0.717, 1.165) is 13.0 Å². The first-order chi connectivity index (χ1) is 15.3. The van der Waals surface area contributed by atoms with Crippen molar-refractivity contribution in [1.82, 2.24) is 9.80 Å². The van der Waals surface area contributed by atoms with Gasteiger partial charge in [-0.05, 0) is 69.9 Å². The standard InChI is InChI=1S/C24H25ClN2O5/c1-4-31-19-12-14(6-8-17(19)28)21-20-22(29)16-13-15(25)7-9-18(16)32-23(20)24(30)27(21)11-5-10-26(2)3/h6-9,12-13,21,28H,4-5,10-11H2,1-3H3/t21-/m1/s1. The molecule has 32 heavy (non-hydrogen) atoms. The molecule has 168 valence electrons. The molecule has 4 rings (SSSR count). The summed E-state index contributed by atoms with van der Waals surface area (Å²) in [5, 5.41) is 10.9. The molecule has 0 aliphatic carbocycles. The number of nitrogens with zero attached hydrogens (tertiary/aromatic N) is 2. The smallest absolute Gasteiger partial charge is 0.290 e. The Kier molecular flexibility index (Phi) is 6.13. The lowest BCUT2D eigenvalue weighted by Crippen LogP contribution is -2.32. The predicted molar refractivity (Wildman–Crippen MR) is 123 cm³/mol. The molecule has 0 saturated carbocycles. The molecule has 0 spiro atoms. The highest BCUT2D eigenvalue weighted by molar-refractivity contribution is 6.31. The van der Waals surface area contributed by atoms with Crippen LogP contribution in [0, 0.1) is 0 Å². The van der Waals surface area contributed by atoms with Crippen LogP contribution >= 0.6 is 11.6 Å². The van der Waals surface area contributed by atoms with Gasteiger partial charge in [-0.1, -0.05) is 17.7 Å². The van der Waals surface area contributed by atoms with E-state index in [1.165, 1.54) is 6.07 Å². The van der Waals surface area contributed by atoms with Gasteiger partial charge in [-0.25, -0.2) is 0 Å². The van der Waals surface area contributed by atoms with Crippen molar-refractivity contribution in [2.75, 3.05) is 33.8 Å². The summed E-state index contributed by atoms with van der Waals surface area (Å²) < 4.78 is 11.5. The second-order valence-electron chi connectivity index (χ2n) is 8.03. The van der Waals surface area contributed by atoms with Crippen LogP contribution in [0.15, 0.2) is 45.6 Å². The van der Waals surface area contributed by atoms with E-state index in [2.05, 4.69) is 0 Å². The zero-order valence-electron chi connectivity index (χ0n) is 18.2. The Morgan fingerprint density at radius 3 is 2.69 bits per heavy atom. The number of benzene rings is 2. The molecule has 0 unspecified atom stereocenters. The molecule has 1 aromatic heterocycles. The maximum Gasteiger partial charge on any atom is 0.290 e. The van der Waals surface area contributed by atoms with Crippen LogP contribution in [-0.2, 0) is 0 Å². The van der Waals surface area contributed by atoms with Gasteiger partial charge in [0.05, 0.1) is 23.6 Å². The van der Waals surface area contributed by atoms with Gasteiger partial charge in [0.15, 0.2) is 16.9 Å². The average Bonchev–Trinajstić information content (AvgIpc) is 3.02. The number of phenols is 1. The fourth-order valence-electron chi connectivity index (χ4n) is 4.10. The highest BCUT2D eigenvalue weighted by Crippen LogP contribution is 2.41. The van der Waals surface area contributed by atoms with Crippen LogP contribution in [0.4, 0.5) is 0 Å². The topological polar surface area (TPSA) is 83.2 Å². The first-order valence-electron chi connectivity index (χ1n) is 10.5. The first-order valence-corrected chi connectivity index (χ1v) is 10.9. The van der Waals surface area contributed by atoms with E-state index in [9.17, 15) is 14.7 Å². The van der Waals surface area contributed by atoms with Gasteiger partial charge in [0, 0.05) is 11.6 Å². The van der Waals surface area contributed by atoms with Crippen LogP contribution in [0.5, 0.6) is 11.5 Å². The van der Waals surface area contributed by atoms with Crippen molar-refractivity contribution in [2.45, 2.75) is 19.4 Å². The van der Waals surface area contributed by atoms with Crippen LogP contribution < -0.4 is 10.2 Å². The van der Waals surface area contributed by atoms with Gasteiger partial charge in [0.1, 0.15) is 5.58 Å². The number of halogens is 1. The first kappa shape index (κ1) is 22.2. The molecular formula is C24H25ClN2O5. The van der Waals surface area contributed by atoms with E-state index in [-0.39, 0.29) is 28.4 Å². The van der Waals surface area contributed by atoms with Crippen molar-refractivity contribution in [3.63, 3.8) is 0 Å². The lowest BCUT2D eigenvalue weighted by atomic mass is 9.98. The number of amides is 1. The third-order valence-corrected chi connectivity index (χ3v) is 5.77. The quantitative estimate of drug-likeness (QED) is 0.577. The SMILES string of the molecule is CCOc1cc([C@@H]2c3c(oc4ccc(Cl)cc4c3=O)C(=O)N2CCCN(C)C)ccc1O. The Morgan fingerprint density at radius 1 is 1.19 bits per heavy atom. The molecule has 3 aromatic rings. The number of hydrogen-bond acceptors (Lipinski definition) is 6. The van der Waals surface area contributed by atoms with Crippen molar-refractivity contribution in [3.05, 3.63) is 68.5 Å². The van der Waals surface area contributed by atoms with Gasteiger partial charge in [0.2, 0.25) is 5.76 Å². The zero-order chi connectivity index (χ0) is 23.0. The number of aromatic hydroxyl groups is 1. The second kappa shape index (κ2) is 8.84. The van der Waals surface area contributed by atoms with Gasteiger partial charge in [0.25, 0.3) is 5.91 Å². The Morgan fingerprint density at radius 2 is 1.97 bits per heavy atom. The lowest BCUT2D eigenvalue weighted by Gasteiger charge is -2.26. The maximum atomic E-state index is 13.5. The minimum Gasteiger partial charge on any atom is -0.504 e. The highest BCUT2D eigenvalue weighted by Gasteiger charge is 2.42. The number of carbonyl (C=O) groups excluding carboxylic acids is 1. The van der Waals surface area contributed by atoms with Crippen LogP contribution in [0.3, 0.4) is 0 Å². The maximum absolute atomic E-state index is 13.5. The van der Waals surface area contributed by atoms with Crippen molar-refractivity contribution >= 4 is 28.5 Å². The normalized spacial score (nSPS) is 15.6. The third kappa shape index (κ3) is 3.94. The van der Waals surface area contributed by atoms with E-state index >= 15 is 0 Å². The average molecular weight is 457 g/mol. The van der Waals surface area contributed by atoms with E-state index < -0.39 is 6.04 Å². The van der Waals surface area contributed by atoms with Crippen LogP contribution in [-0.4, -0.2) is 54.6 Å². The van der Waals surface area contributed by atoms with Crippen LogP contribution in [0.2, 0.25) is 5.02 Å². The molecule has 0 fully saturated rings. The van der Waals surface area contributed by atoms with Gasteiger partial charge in [-0.15, -0.1) is 0 Å². The van der Waals surface area contributed by atoms with Crippen molar-refractivity contribution in [3.8, 4) is 11.5 Å². The second-order valence-corrected chi connectivity index (χ2v) is 8.47. The number of ether oxygens (including phenoxy) is 1. The van der Waals surface area contributed by atoms with E-state index in [0.29, 0.717) is 40.5 Å². The summed E-state index contributed by atoms with van der Waals surface area (Å²) in [6, 6.07) is 9.02. The Hall–Kier alpha value is -3.03. The fourth-order valence-corrected chi connectivity index (χ4v) is 4.27. The molecule has 0 bridgehead atoms. The summed E-state index contributed by atoms with van der Waals surface area (Å²) in [4.78, 5) is 30.6. The molecule has 1 aliphatic heterocycles. The van der Waals surface area contributed by atoms with Gasteiger partial charge in [-0.3, -0.25) is 9.59 Å². The summed E-state index contributed by atoms with van der Waals surface area (Å²) in [6.45, 7) is 3.41. The third-order valence-electron chi connectivity index (χ3n) is 5.53. The number of carbonyl (C=O) groups is 1. The molecule has 0 saturated heterocycles. The predicted octanol–water partition coefficient (Wildman–Crippen LogP) is 4.05. The summed E-state index contributed by atoms with van der Waals surface area (Å²) in [7, 11) is 3.93. The Bertz CT molecular complexity index is 1240. The van der Waals surface area contributed by atoms with E-state index in [4.69, 9.17) is 20.8 Å². The molecular weight excluding hydrogens is 432 g/mol. The zero-order valence-corrected chi connectivity index (χ0v) is 19.0. The molecule has 7 nitrogen and oxygen atoms in total. The molecule has 1 aliphatic rings. The van der Waals surface area contributed by atoms with Gasteiger partial charge in [-0.2, -0.15) is 0 Å². The van der Waals surface area contributed by atoms with Crippen LogP contribution in [0.25, 0.3) is 11.0 Å². The van der Waals surface area contributed by atoms with Gasteiger partial charge >= 0.3 is 0 Å². The van der Waals surface area contributed by atoms with Gasteiger partial charge < -0.3 is 24.1 Å². The molecule has 1 atom stereocenters. The highest BCUT2D eigenvalue weighted by atomic mass is 35.5. The summed E-state index contributed by atoms with van der Waals surface area (Å²) in [5.74, 6) is 0.0124. The molecule has 8 heteroatoms. The summed E-state index contributed by atoms with van der Waals surface area (Å²) >= 11 is 6.12. The summed E-state index contributed by atoms with van der Waals surface area (Å²) in [6.07, 6.45) is 0.721. The molecule has 1 amide bonds.